The predicted octanol–water partition coefficient (Wildman–Crippen LogP) is 30.3. The number of benzene rings is 16. The number of anilines is 9. The number of rotatable bonds is 24. The second kappa shape index (κ2) is 35.4. The number of hydrogen-bond acceptors (Lipinski definition) is 3. The third-order valence-corrected chi connectivity index (χ3v) is 20.6. The quantitative estimate of drug-likeness (QED) is 0.0558. The molecule has 0 amide bonds. The zero-order valence-electron chi connectivity index (χ0n) is 64.4. The fourth-order valence-electron chi connectivity index (χ4n) is 14.6. The van der Waals surface area contributed by atoms with Crippen LogP contribution >= 0.6 is 0 Å². The molecular formula is C111H87N3. The van der Waals surface area contributed by atoms with Crippen molar-refractivity contribution < 1.29 is 0 Å². The predicted molar refractivity (Wildman–Crippen MR) is 490 cm³/mol. The molecule has 3 nitrogen and oxygen atoms in total. The van der Waals surface area contributed by atoms with Gasteiger partial charge in [-0.25, -0.2) is 0 Å². The van der Waals surface area contributed by atoms with Gasteiger partial charge in [-0.2, -0.15) is 0 Å². The molecule has 0 aliphatic heterocycles. The van der Waals surface area contributed by atoms with E-state index >= 15 is 0 Å². The van der Waals surface area contributed by atoms with Crippen LogP contribution in [0.15, 0.2) is 419 Å². The molecule has 0 heterocycles. The molecule has 16 rings (SSSR count). The van der Waals surface area contributed by atoms with E-state index in [0.717, 1.165) is 101 Å². The summed E-state index contributed by atoms with van der Waals surface area (Å²) in [6, 6.07) is 150. The highest BCUT2D eigenvalue weighted by molar-refractivity contribution is 5.95. The normalized spacial score (nSPS) is 11.2. The zero-order valence-corrected chi connectivity index (χ0v) is 64.4. The van der Waals surface area contributed by atoms with E-state index in [1.165, 1.54) is 66.8 Å². The highest BCUT2D eigenvalue weighted by atomic mass is 15.2. The van der Waals surface area contributed by atoms with Gasteiger partial charge in [0.25, 0.3) is 0 Å². The third-order valence-electron chi connectivity index (χ3n) is 20.6. The standard InChI is InChI=1S/C111H87N3/c1-82-34-58-100(59-35-82)112(106-70-52-88(53-71-106)79-109(94-22-10-4-11-23-94)95-24-12-5-13-25-95)103-64-46-85(47-65-103)40-43-91-76-92(44-41-86-48-66-104(67-49-86)113(101-60-36-83(2)37-61-101)107-72-54-89(55-73-107)80-110(96-26-14-6-15-27-96)97-28-16-7-17-29-97)78-93(77-91)45-42-87-50-68-105(69-51-87)114(102-62-38-84(3)39-63-102)108-74-56-90(57-75-108)81-111(98-30-18-8-19-31-98)99-32-20-9-21-33-99/h4-81H,1-3H3. The van der Waals surface area contributed by atoms with Crippen molar-refractivity contribution in [1.29, 1.82) is 0 Å². The van der Waals surface area contributed by atoms with Gasteiger partial charge in [-0.05, 0) is 267 Å². The lowest BCUT2D eigenvalue weighted by molar-refractivity contribution is 1.27. The van der Waals surface area contributed by atoms with Gasteiger partial charge >= 0.3 is 0 Å². The summed E-state index contributed by atoms with van der Waals surface area (Å²) in [6.45, 7) is 6.42. The number of hydrogen-bond donors (Lipinski definition) is 0. The molecule has 0 radical (unpaired) electrons. The van der Waals surface area contributed by atoms with Crippen LogP contribution in [0.3, 0.4) is 0 Å². The first-order valence-corrected chi connectivity index (χ1v) is 39.1. The largest absolute Gasteiger partial charge is 0.311 e. The van der Waals surface area contributed by atoms with Crippen molar-refractivity contribution in [3.63, 3.8) is 0 Å². The summed E-state index contributed by atoms with van der Waals surface area (Å²) in [6.07, 6.45) is 20.2. The summed E-state index contributed by atoms with van der Waals surface area (Å²) < 4.78 is 0. The van der Waals surface area contributed by atoms with Crippen LogP contribution in [0.2, 0.25) is 0 Å². The molecule has 0 aliphatic rings. The molecule has 0 aromatic heterocycles. The van der Waals surface area contributed by atoms with Crippen molar-refractivity contribution in [2.75, 3.05) is 14.7 Å². The lowest BCUT2D eigenvalue weighted by Crippen LogP contribution is -2.09. The highest BCUT2D eigenvalue weighted by Gasteiger charge is 2.18. The Morgan fingerprint density at radius 1 is 0.158 bits per heavy atom. The van der Waals surface area contributed by atoms with Crippen LogP contribution in [0, 0.1) is 20.8 Å². The molecule has 0 saturated carbocycles. The molecule has 3 heteroatoms. The van der Waals surface area contributed by atoms with Gasteiger partial charge in [-0.15, -0.1) is 0 Å². The van der Waals surface area contributed by atoms with Gasteiger partial charge in [0.15, 0.2) is 0 Å². The maximum Gasteiger partial charge on any atom is 0.0462 e. The van der Waals surface area contributed by atoms with Gasteiger partial charge in [0.2, 0.25) is 0 Å². The van der Waals surface area contributed by atoms with Crippen LogP contribution < -0.4 is 14.7 Å². The summed E-state index contributed by atoms with van der Waals surface area (Å²) in [7, 11) is 0. The smallest absolute Gasteiger partial charge is 0.0462 e. The van der Waals surface area contributed by atoms with Crippen LogP contribution in [0.4, 0.5) is 51.2 Å². The Hall–Kier alpha value is -14.6. The van der Waals surface area contributed by atoms with Gasteiger partial charge in [0.05, 0.1) is 0 Å². The molecule has 546 valence electrons. The van der Waals surface area contributed by atoms with Gasteiger partial charge in [-0.1, -0.05) is 344 Å². The highest BCUT2D eigenvalue weighted by Crippen LogP contribution is 2.41. The maximum absolute atomic E-state index is 2.34. The van der Waals surface area contributed by atoms with E-state index in [1.54, 1.807) is 0 Å². The SMILES string of the molecule is Cc1ccc(N(c2ccc(C=Cc3cc(C=Cc4ccc(N(c5ccc(C)cc5)c5ccc(C=C(c6ccccc6)c6ccccc6)cc5)cc4)cc(C=Cc4ccc(N(c5ccc(C)cc5)c5ccc(C=C(c6ccccc6)c6ccccc6)cc5)cc4)c3)cc2)c2ccc(C=C(c3ccccc3)c3ccccc3)cc2)cc1. The Morgan fingerprint density at radius 2 is 0.307 bits per heavy atom. The van der Waals surface area contributed by atoms with E-state index in [0.29, 0.717) is 0 Å². The van der Waals surface area contributed by atoms with Crippen molar-refractivity contribution in [2.24, 2.45) is 0 Å². The molecule has 0 bridgehead atoms. The zero-order chi connectivity index (χ0) is 77.2. The molecule has 0 unspecified atom stereocenters. The van der Waals surface area contributed by atoms with Crippen molar-refractivity contribution in [3.05, 3.63) is 519 Å². The second-order valence-electron chi connectivity index (χ2n) is 28.9. The minimum Gasteiger partial charge on any atom is -0.311 e. The van der Waals surface area contributed by atoms with E-state index in [4.69, 9.17) is 0 Å². The van der Waals surface area contributed by atoms with Crippen LogP contribution in [0.25, 0.3) is 71.4 Å². The molecule has 0 saturated heterocycles. The number of nitrogens with zero attached hydrogens (tertiary/aromatic N) is 3. The molecule has 16 aromatic rings. The Labute approximate surface area is 672 Å². The van der Waals surface area contributed by atoms with Crippen LogP contribution in [0.5, 0.6) is 0 Å². The van der Waals surface area contributed by atoms with E-state index < -0.39 is 0 Å². The minimum atomic E-state index is 1.07. The fraction of sp³-hybridized carbons (Fsp3) is 0.0270. The third kappa shape index (κ3) is 18.3. The Kier molecular flexibility index (Phi) is 22.8. The van der Waals surface area contributed by atoms with Gasteiger partial charge in [-0.3, -0.25) is 0 Å². The molecule has 16 aromatic carbocycles. The van der Waals surface area contributed by atoms with Crippen LogP contribution in [-0.2, 0) is 0 Å². The summed E-state index contributed by atoms with van der Waals surface area (Å²) in [4.78, 5) is 7.01. The Bertz CT molecular complexity index is 5290. The molecule has 0 fully saturated rings. The molecule has 114 heavy (non-hydrogen) atoms. The summed E-state index contributed by atoms with van der Waals surface area (Å²) in [5.74, 6) is 0. The Morgan fingerprint density at radius 3 is 0.482 bits per heavy atom. The van der Waals surface area contributed by atoms with E-state index in [2.05, 4.69) is 509 Å². The summed E-state index contributed by atoms with van der Waals surface area (Å²) in [5, 5.41) is 0. The fourth-order valence-corrected chi connectivity index (χ4v) is 14.6. The van der Waals surface area contributed by atoms with E-state index in [-0.39, 0.29) is 0 Å². The van der Waals surface area contributed by atoms with E-state index in [1.807, 2.05) is 0 Å². The topological polar surface area (TPSA) is 9.72 Å². The number of aryl methyl sites for hydroxylation is 3. The van der Waals surface area contributed by atoms with Crippen LogP contribution in [0.1, 0.15) is 100 Å². The van der Waals surface area contributed by atoms with Crippen molar-refractivity contribution in [2.45, 2.75) is 20.8 Å². The first kappa shape index (κ1) is 73.5. The van der Waals surface area contributed by atoms with Crippen molar-refractivity contribution >= 4 is 123 Å². The average molecular weight is 1460 g/mol. The molecule has 0 spiro atoms. The first-order valence-electron chi connectivity index (χ1n) is 39.1. The Balaban J connectivity index is 0.698. The lowest BCUT2D eigenvalue weighted by Gasteiger charge is -2.26. The van der Waals surface area contributed by atoms with Crippen molar-refractivity contribution in [3.8, 4) is 0 Å². The van der Waals surface area contributed by atoms with Gasteiger partial charge < -0.3 is 14.7 Å². The summed E-state index contributed by atoms with van der Waals surface area (Å²) in [5.41, 5.74) is 33.9. The van der Waals surface area contributed by atoms with E-state index in [9.17, 15) is 0 Å². The van der Waals surface area contributed by atoms with Crippen molar-refractivity contribution in [1.82, 2.24) is 0 Å². The second-order valence-corrected chi connectivity index (χ2v) is 28.9. The molecular weight excluding hydrogens is 1380 g/mol. The summed E-state index contributed by atoms with van der Waals surface area (Å²) >= 11 is 0. The monoisotopic (exact) mass is 1460 g/mol. The van der Waals surface area contributed by atoms with Gasteiger partial charge in [0.1, 0.15) is 0 Å². The first-order chi connectivity index (χ1) is 56.2. The molecule has 0 aliphatic carbocycles. The maximum atomic E-state index is 2.34. The molecule has 0 atom stereocenters. The average Bonchev–Trinajstić information content (AvgIpc) is 0.801. The van der Waals surface area contributed by atoms with Gasteiger partial charge in [0, 0.05) is 51.2 Å². The van der Waals surface area contributed by atoms with Crippen LogP contribution in [-0.4, -0.2) is 0 Å². The molecule has 0 N–H and O–H groups in total. The minimum absolute atomic E-state index is 1.07. The lowest BCUT2D eigenvalue weighted by atomic mass is 9.95.